The summed E-state index contributed by atoms with van der Waals surface area (Å²) in [5.74, 6) is -0.409. The minimum absolute atomic E-state index is 0.0249. The molecule has 1 aromatic carbocycles. The number of nitrogens with two attached hydrogens (primary N) is 1. The zero-order valence-corrected chi connectivity index (χ0v) is 12.3. The molecule has 21 heavy (non-hydrogen) atoms. The van der Waals surface area contributed by atoms with Crippen LogP contribution in [0.3, 0.4) is 0 Å². The van der Waals surface area contributed by atoms with Gasteiger partial charge < -0.3 is 20.7 Å². The predicted octanol–water partition coefficient (Wildman–Crippen LogP) is 0.634. The molecule has 1 aliphatic rings. The second kappa shape index (κ2) is 6.58. The summed E-state index contributed by atoms with van der Waals surface area (Å²) < 4.78 is 5.45. The summed E-state index contributed by atoms with van der Waals surface area (Å²) in [6, 6.07) is 6.64. The van der Waals surface area contributed by atoms with Crippen molar-refractivity contribution in [2.45, 2.75) is 25.5 Å². The average molecular weight is 291 g/mol. The molecule has 2 amide bonds. The molecule has 0 saturated carbocycles. The van der Waals surface area contributed by atoms with Crippen LogP contribution in [0.15, 0.2) is 24.3 Å². The molecule has 0 radical (unpaired) electrons. The largest absolute Gasteiger partial charge is 0.399 e. The standard InChI is InChI=1S/C15H21N3O3/c1-10-13(7-8-21-10)18(2)14(19)9-17-15(20)11-3-5-12(16)6-4-11/h3-6,10,13H,7-9,16H2,1-2H3,(H,17,20). The summed E-state index contributed by atoms with van der Waals surface area (Å²) in [6.45, 7) is 2.60. The van der Waals surface area contributed by atoms with Crippen molar-refractivity contribution in [3.8, 4) is 0 Å². The van der Waals surface area contributed by atoms with Crippen LogP contribution in [0.4, 0.5) is 5.69 Å². The van der Waals surface area contributed by atoms with E-state index in [9.17, 15) is 9.59 Å². The maximum absolute atomic E-state index is 12.1. The first-order valence-corrected chi connectivity index (χ1v) is 7.00. The van der Waals surface area contributed by atoms with Crippen LogP contribution in [-0.4, -0.2) is 49.1 Å². The Bertz CT molecular complexity index is 515. The lowest BCUT2D eigenvalue weighted by atomic mass is 10.1. The number of nitrogen functional groups attached to an aromatic ring is 1. The van der Waals surface area contributed by atoms with E-state index < -0.39 is 0 Å². The van der Waals surface area contributed by atoms with Gasteiger partial charge in [0.1, 0.15) is 0 Å². The van der Waals surface area contributed by atoms with Crippen molar-refractivity contribution in [3.63, 3.8) is 0 Å². The topological polar surface area (TPSA) is 84.7 Å². The van der Waals surface area contributed by atoms with Gasteiger partial charge in [0.05, 0.1) is 18.7 Å². The number of hydrogen-bond acceptors (Lipinski definition) is 4. The number of nitrogens with zero attached hydrogens (tertiary/aromatic N) is 1. The fourth-order valence-corrected chi connectivity index (χ4v) is 2.43. The minimum Gasteiger partial charge on any atom is -0.399 e. The van der Waals surface area contributed by atoms with Crippen LogP contribution >= 0.6 is 0 Å². The second-order valence-corrected chi connectivity index (χ2v) is 5.24. The second-order valence-electron chi connectivity index (χ2n) is 5.24. The molecule has 2 unspecified atom stereocenters. The number of likely N-dealkylation sites (N-methyl/N-ethyl adjacent to an activating group) is 1. The number of ether oxygens (including phenoxy) is 1. The van der Waals surface area contributed by atoms with Gasteiger partial charge >= 0.3 is 0 Å². The molecule has 6 nitrogen and oxygen atoms in total. The number of rotatable bonds is 4. The molecular weight excluding hydrogens is 270 g/mol. The first-order valence-electron chi connectivity index (χ1n) is 7.00. The van der Waals surface area contributed by atoms with E-state index >= 15 is 0 Å². The van der Waals surface area contributed by atoms with E-state index in [1.54, 1.807) is 36.2 Å². The molecule has 0 bridgehead atoms. The zero-order chi connectivity index (χ0) is 15.4. The molecule has 0 aromatic heterocycles. The van der Waals surface area contributed by atoms with E-state index in [1.165, 1.54) is 0 Å². The first-order chi connectivity index (χ1) is 9.99. The minimum atomic E-state index is -0.285. The SMILES string of the molecule is CC1OCCC1N(C)C(=O)CNC(=O)c1ccc(N)cc1. The molecule has 1 saturated heterocycles. The van der Waals surface area contributed by atoms with Gasteiger partial charge in [-0.1, -0.05) is 0 Å². The zero-order valence-electron chi connectivity index (χ0n) is 12.3. The molecule has 1 aromatic rings. The molecule has 2 rings (SSSR count). The molecule has 2 atom stereocenters. The lowest BCUT2D eigenvalue weighted by Crippen LogP contribution is -2.45. The van der Waals surface area contributed by atoms with E-state index in [0.717, 1.165) is 6.42 Å². The number of nitrogens with one attached hydrogen (secondary N) is 1. The fourth-order valence-electron chi connectivity index (χ4n) is 2.43. The number of anilines is 1. The summed E-state index contributed by atoms with van der Waals surface area (Å²) >= 11 is 0. The van der Waals surface area contributed by atoms with Crippen LogP contribution < -0.4 is 11.1 Å². The molecule has 114 valence electrons. The fraction of sp³-hybridized carbons (Fsp3) is 0.467. The quantitative estimate of drug-likeness (QED) is 0.797. The number of hydrogen-bond donors (Lipinski definition) is 2. The number of carbonyl (C=O) groups is 2. The van der Waals surface area contributed by atoms with Crippen molar-refractivity contribution in [2.24, 2.45) is 0 Å². The molecule has 1 heterocycles. The van der Waals surface area contributed by atoms with Crippen molar-refractivity contribution in [2.75, 3.05) is 25.9 Å². The third-order valence-corrected chi connectivity index (χ3v) is 3.80. The van der Waals surface area contributed by atoms with Gasteiger partial charge in [0.2, 0.25) is 5.91 Å². The Hall–Kier alpha value is -2.08. The summed E-state index contributed by atoms with van der Waals surface area (Å²) in [6.07, 6.45) is 0.863. The van der Waals surface area contributed by atoms with Crippen LogP contribution in [0.25, 0.3) is 0 Å². The van der Waals surface area contributed by atoms with E-state index in [1.807, 2.05) is 6.92 Å². The lowest BCUT2D eigenvalue weighted by molar-refractivity contribution is -0.131. The third kappa shape index (κ3) is 3.72. The Labute approximate surface area is 124 Å². The van der Waals surface area contributed by atoms with Crippen molar-refractivity contribution in [3.05, 3.63) is 29.8 Å². The smallest absolute Gasteiger partial charge is 0.251 e. The number of carbonyl (C=O) groups excluding carboxylic acids is 2. The first kappa shape index (κ1) is 15.3. The van der Waals surface area contributed by atoms with Crippen molar-refractivity contribution in [1.82, 2.24) is 10.2 Å². The highest BCUT2D eigenvalue weighted by atomic mass is 16.5. The van der Waals surface area contributed by atoms with Crippen LogP contribution in [0, 0.1) is 0 Å². The Morgan fingerprint density at radius 3 is 2.62 bits per heavy atom. The van der Waals surface area contributed by atoms with Gasteiger partial charge in [0, 0.05) is 24.9 Å². The van der Waals surface area contributed by atoms with Crippen molar-refractivity contribution < 1.29 is 14.3 Å². The van der Waals surface area contributed by atoms with Crippen LogP contribution in [-0.2, 0) is 9.53 Å². The number of amides is 2. The van der Waals surface area contributed by atoms with Crippen molar-refractivity contribution >= 4 is 17.5 Å². The molecule has 0 spiro atoms. The van der Waals surface area contributed by atoms with E-state index in [4.69, 9.17) is 10.5 Å². The lowest BCUT2D eigenvalue weighted by Gasteiger charge is -2.26. The Balaban J connectivity index is 1.85. The Morgan fingerprint density at radius 1 is 1.38 bits per heavy atom. The monoisotopic (exact) mass is 291 g/mol. The van der Waals surface area contributed by atoms with Gasteiger partial charge in [-0.2, -0.15) is 0 Å². The summed E-state index contributed by atoms with van der Waals surface area (Å²) in [4.78, 5) is 25.7. The van der Waals surface area contributed by atoms with Crippen molar-refractivity contribution in [1.29, 1.82) is 0 Å². The van der Waals surface area contributed by atoms with Crippen LogP contribution in [0.5, 0.6) is 0 Å². The predicted molar refractivity (Wildman–Crippen MR) is 79.8 cm³/mol. The van der Waals surface area contributed by atoms with Gasteiger partial charge in [0.15, 0.2) is 0 Å². The normalized spacial score (nSPS) is 21.0. The highest BCUT2D eigenvalue weighted by Gasteiger charge is 2.30. The highest BCUT2D eigenvalue weighted by Crippen LogP contribution is 2.18. The highest BCUT2D eigenvalue weighted by molar-refractivity contribution is 5.96. The molecule has 1 aliphatic heterocycles. The molecule has 0 aliphatic carbocycles. The van der Waals surface area contributed by atoms with Crippen LogP contribution in [0.1, 0.15) is 23.7 Å². The average Bonchev–Trinajstić information content (AvgIpc) is 2.90. The van der Waals surface area contributed by atoms with E-state index in [2.05, 4.69) is 5.32 Å². The van der Waals surface area contributed by atoms with E-state index in [-0.39, 0.29) is 30.5 Å². The Kier molecular flexibility index (Phi) is 4.80. The van der Waals surface area contributed by atoms with Gasteiger partial charge in [-0.25, -0.2) is 0 Å². The molecule has 3 N–H and O–H groups in total. The molecule has 1 fully saturated rings. The summed E-state index contributed by atoms with van der Waals surface area (Å²) in [5.41, 5.74) is 6.65. The maximum atomic E-state index is 12.1. The van der Waals surface area contributed by atoms with Crippen LogP contribution in [0.2, 0.25) is 0 Å². The van der Waals surface area contributed by atoms with Gasteiger partial charge in [0.25, 0.3) is 5.91 Å². The third-order valence-electron chi connectivity index (χ3n) is 3.80. The summed E-state index contributed by atoms with van der Waals surface area (Å²) in [7, 11) is 1.74. The Morgan fingerprint density at radius 2 is 2.05 bits per heavy atom. The molecule has 6 heteroatoms. The molecular formula is C15H21N3O3. The van der Waals surface area contributed by atoms with E-state index in [0.29, 0.717) is 17.9 Å². The van der Waals surface area contributed by atoms with Gasteiger partial charge in [-0.3, -0.25) is 9.59 Å². The van der Waals surface area contributed by atoms with Gasteiger partial charge in [-0.15, -0.1) is 0 Å². The number of benzene rings is 1. The van der Waals surface area contributed by atoms with Gasteiger partial charge in [-0.05, 0) is 37.6 Å². The maximum Gasteiger partial charge on any atom is 0.251 e. The summed E-state index contributed by atoms with van der Waals surface area (Å²) in [5, 5.41) is 2.63.